The minimum atomic E-state index is -0.202. The van der Waals surface area contributed by atoms with Gasteiger partial charge >= 0.3 is 0 Å². The fourth-order valence-corrected chi connectivity index (χ4v) is 4.88. The molecule has 0 saturated carbocycles. The van der Waals surface area contributed by atoms with Crippen LogP contribution in [0, 0.1) is 0 Å². The number of hydrogen-bond acceptors (Lipinski definition) is 7. The van der Waals surface area contributed by atoms with Crippen LogP contribution in [0.1, 0.15) is 15.9 Å². The molecule has 0 atom stereocenters. The predicted molar refractivity (Wildman–Crippen MR) is 166 cm³/mol. The third-order valence-electron chi connectivity index (χ3n) is 6.32. The minimum absolute atomic E-state index is 0.124. The summed E-state index contributed by atoms with van der Waals surface area (Å²) in [4.78, 5) is 25.4. The van der Waals surface area contributed by atoms with E-state index in [0.717, 1.165) is 28.3 Å². The lowest BCUT2D eigenvalue weighted by atomic mass is 10.1. The average Bonchev–Trinajstić information content (AvgIpc) is 3.47. The third-order valence-corrected chi connectivity index (χ3v) is 7.25. The molecule has 1 aromatic heterocycles. The number of carbonyl (C=O) groups is 2. The molecule has 9 heteroatoms. The van der Waals surface area contributed by atoms with E-state index in [2.05, 4.69) is 15.5 Å². The van der Waals surface area contributed by atoms with Crippen molar-refractivity contribution in [1.29, 1.82) is 0 Å². The first-order chi connectivity index (χ1) is 20.5. The summed E-state index contributed by atoms with van der Waals surface area (Å²) in [7, 11) is 3.23. The first-order valence-electron chi connectivity index (χ1n) is 13.1. The standard InChI is InChI=1S/C33H28N4O4S/c1-40-28-17-8-23(9-18-28)10-21-30(38)24-11-15-26(16-12-24)34-31(39)22-42-33-36-35-32(25-13-19-29(41-2)20-14-25)37(33)27-6-4-3-5-7-27/h3-21H,22H2,1-2H3,(H,34,39)/b21-10+. The van der Waals surface area contributed by atoms with Gasteiger partial charge in [-0.2, -0.15) is 0 Å². The Morgan fingerprint density at radius 3 is 2.10 bits per heavy atom. The number of anilines is 1. The molecule has 210 valence electrons. The summed E-state index contributed by atoms with van der Waals surface area (Å²) in [6.45, 7) is 0. The Balaban J connectivity index is 1.23. The molecular formula is C33H28N4O4S. The van der Waals surface area contributed by atoms with E-state index in [0.29, 0.717) is 22.2 Å². The Kier molecular flexibility index (Phi) is 9.10. The zero-order valence-corrected chi connectivity index (χ0v) is 23.9. The van der Waals surface area contributed by atoms with E-state index in [1.54, 1.807) is 44.6 Å². The van der Waals surface area contributed by atoms with Gasteiger partial charge in [0.1, 0.15) is 11.5 Å². The molecule has 0 saturated heterocycles. The summed E-state index contributed by atoms with van der Waals surface area (Å²) in [6.07, 6.45) is 3.28. The number of nitrogens with zero attached hydrogens (tertiary/aromatic N) is 3. The van der Waals surface area contributed by atoms with E-state index in [4.69, 9.17) is 9.47 Å². The molecule has 1 heterocycles. The van der Waals surface area contributed by atoms with Gasteiger partial charge in [0, 0.05) is 22.5 Å². The summed E-state index contributed by atoms with van der Waals surface area (Å²) in [5.74, 6) is 1.95. The van der Waals surface area contributed by atoms with Crippen LogP contribution in [0.25, 0.3) is 23.2 Å². The summed E-state index contributed by atoms with van der Waals surface area (Å²) in [6, 6.07) is 31.6. The van der Waals surface area contributed by atoms with Crippen molar-refractivity contribution < 1.29 is 19.1 Å². The monoisotopic (exact) mass is 576 g/mol. The minimum Gasteiger partial charge on any atom is -0.497 e. The maximum atomic E-state index is 12.8. The van der Waals surface area contributed by atoms with Gasteiger partial charge in [0.15, 0.2) is 16.8 Å². The van der Waals surface area contributed by atoms with Gasteiger partial charge in [0.2, 0.25) is 5.91 Å². The van der Waals surface area contributed by atoms with Crippen LogP contribution >= 0.6 is 11.8 Å². The second-order valence-corrected chi connectivity index (χ2v) is 10.0. The lowest BCUT2D eigenvalue weighted by Gasteiger charge is -2.11. The average molecular weight is 577 g/mol. The number of allylic oxidation sites excluding steroid dienone is 1. The summed E-state index contributed by atoms with van der Waals surface area (Å²) < 4.78 is 12.4. The summed E-state index contributed by atoms with van der Waals surface area (Å²) in [5.41, 5.74) is 3.77. The number of ether oxygens (including phenoxy) is 2. The van der Waals surface area contributed by atoms with Crippen LogP contribution in [0.2, 0.25) is 0 Å². The van der Waals surface area contributed by atoms with Crippen molar-refractivity contribution in [2.24, 2.45) is 0 Å². The van der Waals surface area contributed by atoms with Gasteiger partial charge in [-0.15, -0.1) is 10.2 Å². The Morgan fingerprint density at radius 1 is 0.810 bits per heavy atom. The third kappa shape index (κ3) is 6.94. The van der Waals surface area contributed by atoms with Gasteiger partial charge in [0.05, 0.1) is 20.0 Å². The van der Waals surface area contributed by atoms with Gasteiger partial charge < -0.3 is 14.8 Å². The van der Waals surface area contributed by atoms with Gasteiger partial charge in [-0.1, -0.05) is 48.2 Å². The molecular weight excluding hydrogens is 548 g/mol. The molecule has 1 N–H and O–H groups in total. The highest BCUT2D eigenvalue weighted by molar-refractivity contribution is 7.99. The molecule has 0 aliphatic rings. The van der Waals surface area contributed by atoms with Crippen LogP contribution in [0.15, 0.2) is 114 Å². The number of benzene rings is 4. The van der Waals surface area contributed by atoms with Crippen molar-refractivity contribution in [3.63, 3.8) is 0 Å². The van der Waals surface area contributed by atoms with Crippen molar-refractivity contribution in [3.05, 3.63) is 120 Å². The van der Waals surface area contributed by atoms with Crippen LogP contribution in [-0.2, 0) is 4.79 Å². The number of ketones is 1. The highest BCUT2D eigenvalue weighted by atomic mass is 32.2. The summed E-state index contributed by atoms with van der Waals surface area (Å²) >= 11 is 1.29. The number of carbonyl (C=O) groups excluding carboxylic acids is 2. The number of nitrogens with one attached hydrogen (secondary N) is 1. The molecule has 5 aromatic rings. The van der Waals surface area contributed by atoms with Crippen LogP contribution in [0.4, 0.5) is 5.69 Å². The predicted octanol–water partition coefficient (Wildman–Crippen LogP) is 6.58. The fraction of sp³-hybridized carbons (Fsp3) is 0.0909. The topological polar surface area (TPSA) is 95.3 Å². The first kappa shape index (κ1) is 28.4. The highest BCUT2D eigenvalue weighted by Crippen LogP contribution is 2.29. The molecule has 0 bridgehead atoms. The van der Waals surface area contributed by atoms with Gasteiger partial charge in [-0.05, 0) is 84.4 Å². The van der Waals surface area contributed by atoms with E-state index in [1.165, 1.54) is 17.8 Å². The molecule has 42 heavy (non-hydrogen) atoms. The maximum absolute atomic E-state index is 12.8. The van der Waals surface area contributed by atoms with Crippen molar-refractivity contribution in [2.45, 2.75) is 5.16 Å². The second-order valence-electron chi connectivity index (χ2n) is 9.09. The molecule has 0 unspecified atom stereocenters. The van der Waals surface area contributed by atoms with E-state index in [-0.39, 0.29) is 17.4 Å². The molecule has 4 aromatic carbocycles. The van der Waals surface area contributed by atoms with E-state index in [9.17, 15) is 9.59 Å². The van der Waals surface area contributed by atoms with E-state index < -0.39 is 0 Å². The smallest absolute Gasteiger partial charge is 0.234 e. The first-order valence-corrected chi connectivity index (χ1v) is 14.1. The molecule has 0 aliphatic heterocycles. The van der Waals surface area contributed by atoms with Crippen LogP contribution < -0.4 is 14.8 Å². The van der Waals surface area contributed by atoms with Crippen LogP contribution in [-0.4, -0.2) is 46.4 Å². The Labute approximate surface area is 248 Å². The molecule has 0 aliphatic carbocycles. The van der Waals surface area contributed by atoms with Crippen molar-refractivity contribution in [3.8, 4) is 28.6 Å². The Bertz CT molecular complexity index is 1680. The maximum Gasteiger partial charge on any atom is 0.234 e. The number of aromatic nitrogens is 3. The molecule has 0 fully saturated rings. The van der Waals surface area contributed by atoms with E-state index in [1.807, 2.05) is 83.4 Å². The van der Waals surface area contributed by atoms with Crippen molar-refractivity contribution >= 4 is 35.2 Å². The number of rotatable bonds is 11. The van der Waals surface area contributed by atoms with Crippen LogP contribution in [0.5, 0.6) is 11.5 Å². The van der Waals surface area contributed by atoms with Crippen molar-refractivity contribution in [1.82, 2.24) is 14.8 Å². The largest absolute Gasteiger partial charge is 0.497 e. The fourth-order valence-electron chi connectivity index (χ4n) is 4.13. The molecule has 0 radical (unpaired) electrons. The number of thioether (sulfide) groups is 1. The van der Waals surface area contributed by atoms with Gasteiger partial charge in [0.25, 0.3) is 0 Å². The van der Waals surface area contributed by atoms with E-state index >= 15 is 0 Å². The normalized spacial score (nSPS) is 10.9. The van der Waals surface area contributed by atoms with Crippen LogP contribution in [0.3, 0.4) is 0 Å². The summed E-state index contributed by atoms with van der Waals surface area (Å²) in [5, 5.41) is 12.3. The highest BCUT2D eigenvalue weighted by Gasteiger charge is 2.17. The zero-order chi connectivity index (χ0) is 29.3. The Morgan fingerprint density at radius 2 is 1.45 bits per heavy atom. The zero-order valence-electron chi connectivity index (χ0n) is 23.1. The number of amides is 1. The quantitative estimate of drug-likeness (QED) is 0.108. The Hall–Kier alpha value is -5.15. The molecule has 8 nitrogen and oxygen atoms in total. The molecule has 5 rings (SSSR count). The molecule has 1 amide bonds. The van der Waals surface area contributed by atoms with Gasteiger partial charge in [-0.25, -0.2) is 0 Å². The SMILES string of the molecule is COc1ccc(/C=C/C(=O)c2ccc(NC(=O)CSc3nnc(-c4ccc(OC)cc4)n3-c3ccccc3)cc2)cc1. The lowest BCUT2D eigenvalue weighted by molar-refractivity contribution is -0.113. The lowest BCUT2D eigenvalue weighted by Crippen LogP contribution is -2.14. The molecule has 0 spiro atoms. The van der Waals surface area contributed by atoms with Crippen molar-refractivity contribution in [2.75, 3.05) is 25.3 Å². The number of hydrogen-bond donors (Lipinski definition) is 1. The number of para-hydroxylation sites is 1. The van der Waals surface area contributed by atoms with Gasteiger partial charge in [-0.3, -0.25) is 14.2 Å². The number of methoxy groups -OCH3 is 2. The second kappa shape index (κ2) is 13.5.